The first-order chi connectivity index (χ1) is 8.05. The third-order valence-electron chi connectivity index (χ3n) is 3.52. The lowest BCUT2D eigenvalue weighted by molar-refractivity contribution is -0.154. The number of carbonyl (C=O) groups is 2. The highest BCUT2D eigenvalue weighted by Crippen LogP contribution is 2.36. The molecule has 1 aliphatic rings. The predicted molar refractivity (Wildman–Crippen MR) is 65.6 cm³/mol. The molecule has 0 saturated carbocycles. The van der Waals surface area contributed by atoms with Crippen molar-refractivity contribution in [3.8, 4) is 0 Å². The highest BCUT2D eigenvalue weighted by molar-refractivity contribution is 5.87. The van der Waals surface area contributed by atoms with Gasteiger partial charge in [0.05, 0.1) is 5.41 Å². The molecule has 0 unspecified atom stereocenters. The molecule has 4 nitrogen and oxygen atoms in total. The second-order valence-electron chi connectivity index (χ2n) is 4.66. The fourth-order valence-corrected chi connectivity index (χ4v) is 2.45. The van der Waals surface area contributed by atoms with E-state index >= 15 is 0 Å². The Kier molecular flexibility index (Phi) is 4.73. The minimum Gasteiger partial charge on any atom is -0.481 e. The Hall–Kier alpha value is -1.32. The summed E-state index contributed by atoms with van der Waals surface area (Å²) in [5.41, 5.74) is -0.610. The van der Waals surface area contributed by atoms with Gasteiger partial charge in [0.25, 0.3) is 0 Å². The molecular formula is C13H21NO3. The van der Waals surface area contributed by atoms with E-state index in [0.29, 0.717) is 32.4 Å². The van der Waals surface area contributed by atoms with Crippen molar-refractivity contribution >= 4 is 11.9 Å². The minimum atomic E-state index is -0.711. The zero-order chi connectivity index (χ0) is 12.9. The summed E-state index contributed by atoms with van der Waals surface area (Å²) in [4.78, 5) is 24.7. The van der Waals surface area contributed by atoms with Gasteiger partial charge >= 0.3 is 5.97 Å². The molecule has 0 atom stereocenters. The van der Waals surface area contributed by atoms with Crippen LogP contribution in [-0.4, -0.2) is 35.0 Å². The number of rotatable bonds is 4. The van der Waals surface area contributed by atoms with Gasteiger partial charge in [0.1, 0.15) is 0 Å². The smallest absolute Gasteiger partial charge is 0.309 e. The lowest BCUT2D eigenvalue weighted by atomic mass is 9.75. The summed E-state index contributed by atoms with van der Waals surface area (Å²) in [5.74, 6) is -0.722. The molecule has 0 aromatic rings. The third kappa shape index (κ3) is 3.08. The van der Waals surface area contributed by atoms with Gasteiger partial charge in [-0.15, -0.1) is 0 Å². The molecule has 1 aliphatic heterocycles. The highest BCUT2D eigenvalue weighted by Gasteiger charge is 2.41. The van der Waals surface area contributed by atoms with Crippen LogP contribution in [-0.2, 0) is 9.59 Å². The van der Waals surface area contributed by atoms with E-state index in [1.54, 1.807) is 17.9 Å². The van der Waals surface area contributed by atoms with Gasteiger partial charge in [-0.1, -0.05) is 19.4 Å². The maximum absolute atomic E-state index is 11.6. The standard InChI is InChI=1S/C13H21NO3/c1-3-5-11(15)14-9-7-13(6-4-2,8-10-14)12(16)17/h3,5H,4,6-10H2,1-2H3,(H,16,17). The molecule has 0 aliphatic carbocycles. The van der Waals surface area contributed by atoms with Gasteiger partial charge in [0.2, 0.25) is 5.91 Å². The van der Waals surface area contributed by atoms with Crippen molar-refractivity contribution in [1.29, 1.82) is 0 Å². The van der Waals surface area contributed by atoms with Gasteiger partial charge < -0.3 is 10.0 Å². The first-order valence-electron chi connectivity index (χ1n) is 6.21. The average Bonchev–Trinajstić information content (AvgIpc) is 2.30. The molecule has 0 aromatic carbocycles. The van der Waals surface area contributed by atoms with Crippen molar-refractivity contribution < 1.29 is 14.7 Å². The summed E-state index contributed by atoms with van der Waals surface area (Å²) in [6, 6.07) is 0. The van der Waals surface area contributed by atoms with E-state index in [4.69, 9.17) is 0 Å². The van der Waals surface area contributed by atoms with Crippen LogP contribution in [0.2, 0.25) is 0 Å². The number of carboxylic acids is 1. The van der Waals surface area contributed by atoms with Crippen LogP contribution in [0.5, 0.6) is 0 Å². The number of aliphatic carboxylic acids is 1. The van der Waals surface area contributed by atoms with Crippen LogP contribution in [0.25, 0.3) is 0 Å². The van der Waals surface area contributed by atoms with Crippen molar-refractivity contribution in [2.75, 3.05) is 13.1 Å². The molecule has 4 heteroatoms. The Morgan fingerprint density at radius 1 is 1.35 bits per heavy atom. The van der Waals surface area contributed by atoms with Crippen LogP contribution in [0.4, 0.5) is 0 Å². The van der Waals surface area contributed by atoms with E-state index < -0.39 is 11.4 Å². The van der Waals surface area contributed by atoms with Crippen LogP contribution in [0, 0.1) is 5.41 Å². The molecule has 1 heterocycles. The van der Waals surface area contributed by atoms with Crippen LogP contribution in [0.1, 0.15) is 39.5 Å². The number of piperidine rings is 1. The molecule has 1 fully saturated rings. The quantitative estimate of drug-likeness (QED) is 0.764. The average molecular weight is 239 g/mol. The van der Waals surface area contributed by atoms with E-state index in [2.05, 4.69) is 0 Å². The summed E-state index contributed by atoms with van der Waals surface area (Å²) in [7, 11) is 0. The summed E-state index contributed by atoms with van der Waals surface area (Å²) < 4.78 is 0. The maximum Gasteiger partial charge on any atom is 0.309 e. The molecule has 0 bridgehead atoms. The highest BCUT2D eigenvalue weighted by atomic mass is 16.4. The molecule has 17 heavy (non-hydrogen) atoms. The molecule has 1 saturated heterocycles. The summed E-state index contributed by atoms with van der Waals surface area (Å²) >= 11 is 0. The molecule has 96 valence electrons. The van der Waals surface area contributed by atoms with Crippen molar-refractivity contribution in [3.05, 3.63) is 12.2 Å². The van der Waals surface area contributed by atoms with E-state index in [-0.39, 0.29) is 5.91 Å². The number of hydrogen-bond donors (Lipinski definition) is 1. The van der Waals surface area contributed by atoms with Crippen LogP contribution in [0.3, 0.4) is 0 Å². The number of nitrogens with zero attached hydrogens (tertiary/aromatic N) is 1. The molecule has 0 radical (unpaired) electrons. The minimum absolute atomic E-state index is 0.0111. The first kappa shape index (κ1) is 13.7. The van der Waals surface area contributed by atoms with Crippen LogP contribution < -0.4 is 0 Å². The van der Waals surface area contributed by atoms with E-state index in [1.807, 2.05) is 6.92 Å². The monoisotopic (exact) mass is 239 g/mol. The normalized spacial score (nSPS) is 19.5. The van der Waals surface area contributed by atoms with Gasteiger partial charge in [0, 0.05) is 13.1 Å². The molecule has 1 N–H and O–H groups in total. The fraction of sp³-hybridized carbons (Fsp3) is 0.692. The second kappa shape index (κ2) is 5.84. The van der Waals surface area contributed by atoms with Gasteiger partial charge in [-0.05, 0) is 32.3 Å². The largest absolute Gasteiger partial charge is 0.481 e. The molecule has 0 aromatic heterocycles. The Morgan fingerprint density at radius 2 is 1.94 bits per heavy atom. The van der Waals surface area contributed by atoms with Gasteiger partial charge in [-0.2, -0.15) is 0 Å². The topological polar surface area (TPSA) is 57.6 Å². The van der Waals surface area contributed by atoms with E-state index in [0.717, 1.165) is 6.42 Å². The van der Waals surface area contributed by atoms with Gasteiger partial charge in [-0.3, -0.25) is 9.59 Å². The van der Waals surface area contributed by atoms with Gasteiger partial charge in [0.15, 0.2) is 0 Å². The van der Waals surface area contributed by atoms with Crippen LogP contribution in [0.15, 0.2) is 12.2 Å². The SMILES string of the molecule is CC=CC(=O)N1CCC(CCC)(C(=O)O)CC1. The summed E-state index contributed by atoms with van der Waals surface area (Å²) in [5, 5.41) is 9.33. The fourth-order valence-electron chi connectivity index (χ4n) is 2.45. The Bertz CT molecular complexity index is 315. The summed E-state index contributed by atoms with van der Waals surface area (Å²) in [6.07, 6.45) is 5.96. The lowest BCUT2D eigenvalue weighted by Gasteiger charge is -2.38. The summed E-state index contributed by atoms with van der Waals surface area (Å²) in [6.45, 7) is 4.91. The van der Waals surface area contributed by atoms with Crippen molar-refractivity contribution in [3.63, 3.8) is 0 Å². The number of carboxylic acid groups (broad SMARTS) is 1. The number of hydrogen-bond acceptors (Lipinski definition) is 2. The zero-order valence-electron chi connectivity index (χ0n) is 10.6. The molecule has 1 amide bonds. The Balaban J connectivity index is 2.64. The lowest BCUT2D eigenvalue weighted by Crippen LogP contribution is -2.46. The third-order valence-corrected chi connectivity index (χ3v) is 3.52. The Morgan fingerprint density at radius 3 is 2.35 bits per heavy atom. The zero-order valence-corrected chi connectivity index (χ0v) is 10.6. The number of carbonyl (C=O) groups excluding carboxylic acids is 1. The second-order valence-corrected chi connectivity index (χ2v) is 4.66. The van der Waals surface area contributed by atoms with Crippen molar-refractivity contribution in [1.82, 2.24) is 4.90 Å². The van der Waals surface area contributed by atoms with Crippen molar-refractivity contribution in [2.45, 2.75) is 39.5 Å². The maximum atomic E-state index is 11.6. The first-order valence-corrected chi connectivity index (χ1v) is 6.21. The molecule has 0 spiro atoms. The van der Waals surface area contributed by atoms with Crippen LogP contribution >= 0.6 is 0 Å². The van der Waals surface area contributed by atoms with Crippen molar-refractivity contribution in [2.24, 2.45) is 5.41 Å². The van der Waals surface area contributed by atoms with E-state index in [9.17, 15) is 14.7 Å². The Labute approximate surface area is 102 Å². The molecule has 1 rings (SSSR count). The molecular weight excluding hydrogens is 218 g/mol. The number of likely N-dealkylation sites (tertiary alicyclic amines) is 1. The number of amides is 1. The van der Waals surface area contributed by atoms with E-state index in [1.165, 1.54) is 6.08 Å². The van der Waals surface area contributed by atoms with Gasteiger partial charge in [-0.25, -0.2) is 0 Å². The predicted octanol–water partition coefficient (Wildman–Crippen LogP) is 2.06. The number of allylic oxidation sites excluding steroid dienone is 1.